The molecule has 9 heteroatoms. The summed E-state index contributed by atoms with van der Waals surface area (Å²) >= 11 is 5.91. The van der Waals surface area contributed by atoms with E-state index in [2.05, 4.69) is 20.4 Å². The highest BCUT2D eigenvalue weighted by Crippen LogP contribution is 2.31. The van der Waals surface area contributed by atoms with Crippen molar-refractivity contribution < 1.29 is 14.3 Å². The number of ether oxygens (including phenoxy) is 1. The minimum atomic E-state index is -0.322. The Morgan fingerprint density at radius 2 is 2.00 bits per heavy atom. The Labute approximate surface area is 169 Å². The van der Waals surface area contributed by atoms with Gasteiger partial charge in [0.05, 0.1) is 17.3 Å². The van der Waals surface area contributed by atoms with Crippen LogP contribution < -0.4 is 5.32 Å². The van der Waals surface area contributed by atoms with E-state index in [9.17, 15) is 9.59 Å². The first-order chi connectivity index (χ1) is 13.6. The second-order valence-electron chi connectivity index (χ2n) is 8.22. The fourth-order valence-corrected chi connectivity index (χ4v) is 4.21. The number of aromatic amines is 1. The fraction of sp³-hybridized carbons (Fsp3) is 0.737. The molecule has 2 N–H and O–H groups in total. The average Bonchev–Trinajstić information content (AvgIpc) is 3.41. The number of rotatable bonds is 7. The zero-order valence-corrected chi connectivity index (χ0v) is 16.8. The molecule has 2 aliphatic heterocycles. The van der Waals surface area contributed by atoms with E-state index in [0.717, 1.165) is 38.4 Å². The van der Waals surface area contributed by atoms with Crippen LogP contribution in [0.15, 0.2) is 6.20 Å². The van der Waals surface area contributed by atoms with Gasteiger partial charge >= 0.3 is 0 Å². The van der Waals surface area contributed by atoms with E-state index in [1.54, 1.807) is 0 Å². The Morgan fingerprint density at radius 3 is 2.68 bits per heavy atom. The second kappa shape index (κ2) is 8.80. The summed E-state index contributed by atoms with van der Waals surface area (Å²) < 4.78 is 5.60. The van der Waals surface area contributed by atoms with Gasteiger partial charge < -0.3 is 19.9 Å². The maximum atomic E-state index is 12.3. The minimum absolute atomic E-state index is 0.0413. The number of nitrogens with one attached hydrogen (secondary N) is 2. The molecule has 0 bridgehead atoms. The van der Waals surface area contributed by atoms with Gasteiger partial charge in [0.1, 0.15) is 12.3 Å². The SMILES string of the molecule is O=C(NC[C@@H]1CN(CC2CCN(CC3CC3)CC2)C(=O)CO1)c1[nH]ncc1Cl. The van der Waals surface area contributed by atoms with Gasteiger partial charge in [0.2, 0.25) is 5.91 Å². The highest BCUT2D eigenvalue weighted by Gasteiger charge is 2.31. The third-order valence-corrected chi connectivity index (χ3v) is 6.22. The molecule has 1 aromatic rings. The molecule has 1 atom stereocenters. The lowest BCUT2D eigenvalue weighted by molar-refractivity contribution is -0.149. The molecule has 3 aliphatic rings. The summed E-state index contributed by atoms with van der Waals surface area (Å²) in [5.41, 5.74) is 0.239. The van der Waals surface area contributed by atoms with E-state index in [1.165, 1.54) is 25.6 Å². The van der Waals surface area contributed by atoms with E-state index in [-0.39, 0.29) is 35.2 Å². The van der Waals surface area contributed by atoms with E-state index in [1.807, 2.05) is 4.90 Å². The molecule has 4 rings (SSSR count). The van der Waals surface area contributed by atoms with Crippen molar-refractivity contribution in [1.29, 1.82) is 0 Å². The van der Waals surface area contributed by atoms with Crippen LogP contribution in [0.25, 0.3) is 0 Å². The van der Waals surface area contributed by atoms with E-state index >= 15 is 0 Å². The largest absolute Gasteiger partial charge is 0.365 e. The Bertz CT molecular complexity index is 699. The van der Waals surface area contributed by atoms with Gasteiger partial charge in [-0.25, -0.2) is 0 Å². The lowest BCUT2D eigenvalue weighted by Gasteiger charge is -2.38. The van der Waals surface area contributed by atoms with Crippen molar-refractivity contribution in [1.82, 2.24) is 25.3 Å². The lowest BCUT2D eigenvalue weighted by atomic mass is 9.95. The van der Waals surface area contributed by atoms with Gasteiger partial charge in [-0.15, -0.1) is 0 Å². The summed E-state index contributed by atoms with van der Waals surface area (Å²) in [5.74, 6) is 1.21. The normalized spacial score (nSPS) is 24.5. The summed E-state index contributed by atoms with van der Waals surface area (Å²) in [4.78, 5) is 28.9. The molecule has 0 radical (unpaired) electrons. The Balaban J connectivity index is 1.21. The number of carbonyl (C=O) groups is 2. The first kappa shape index (κ1) is 19.7. The van der Waals surface area contributed by atoms with E-state index in [0.29, 0.717) is 19.0 Å². The molecule has 1 aromatic heterocycles. The molecule has 2 amide bonds. The summed E-state index contributed by atoms with van der Waals surface area (Å²) in [6, 6.07) is 0. The number of halogens is 1. The van der Waals surface area contributed by atoms with Gasteiger partial charge in [0, 0.05) is 26.2 Å². The van der Waals surface area contributed by atoms with Crippen molar-refractivity contribution in [3.8, 4) is 0 Å². The number of nitrogens with zero attached hydrogens (tertiary/aromatic N) is 3. The van der Waals surface area contributed by atoms with Gasteiger partial charge in [-0.05, 0) is 50.6 Å². The van der Waals surface area contributed by atoms with Gasteiger partial charge in [-0.3, -0.25) is 14.7 Å². The molecule has 2 saturated heterocycles. The number of likely N-dealkylation sites (tertiary alicyclic amines) is 1. The third kappa shape index (κ3) is 5.04. The lowest BCUT2D eigenvalue weighted by Crippen LogP contribution is -2.52. The number of morpholine rings is 1. The van der Waals surface area contributed by atoms with Gasteiger partial charge in [-0.2, -0.15) is 5.10 Å². The smallest absolute Gasteiger partial charge is 0.270 e. The number of carbonyl (C=O) groups excluding carboxylic acids is 2. The molecule has 154 valence electrons. The Hall–Kier alpha value is -1.64. The van der Waals surface area contributed by atoms with Crippen LogP contribution in [0.2, 0.25) is 5.02 Å². The predicted molar refractivity (Wildman–Crippen MR) is 104 cm³/mol. The predicted octanol–water partition coefficient (Wildman–Crippen LogP) is 1.14. The number of piperidine rings is 1. The molecular weight excluding hydrogens is 382 g/mol. The van der Waals surface area contributed by atoms with Gasteiger partial charge in [0.25, 0.3) is 5.91 Å². The molecule has 0 spiro atoms. The van der Waals surface area contributed by atoms with Crippen LogP contribution in [0.5, 0.6) is 0 Å². The summed E-state index contributed by atoms with van der Waals surface area (Å²) in [6.07, 6.45) is 6.27. The van der Waals surface area contributed by atoms with Crippen LogP contribution in [0.4, 0.5) is 0 Å². The standard InChI is InChI=1S/C19H28ClN5O3/c20-16-8-22-23-18(16)19(27)21-7-15-11-25(17(26)12-28-15)10-14-3-5-24(6-4-14)9-13-1-2-13/h8,13-15H,1-7,9-12H2,(H,21,27)(H,22,23)/t15-/m1/s1. The van der Waals surface area contributed by atoms with Crippen LogP contribution in [-0.2, 0) is 9.53 Å². The summed E-state index contributed by atoms with van der Waals surface area (Å²) in [5, 5.41) is 9.41. The molecule has 0 unspecified atom stereocenters. The molecule has 0 aromatic carbocycles. The molecule has 28 heavy (non-hydrogen) atoms. The van der Waals surface area contributed by atoms with E-state index in [4.69, 9.17) is 16.3 Å². The summed E-state index contributed by atoms with van der Waals surface area (Å²) in [6.45, 7) is 5.25. The zero-order chi connectivity index (χ0) is 19.5. The fourth-order valence-electron chi connectivity index (χ4n) is 4.04. The number of amides is 2. The molecule has 1 saturated carbocycles. The average molecular weight is 410 g/mol. The molecule has 3 fully saturated rings. The molecule has 8 nitrogen and oxygen atoms in total. The number of hydrogen-bond acceptors (Lipinski definition) is 5. The van der Waals surface area contributed by atoms with E-state index < -0.39 is 0 Å². The molecule has 1 aliphatic carbocycles. The van der Waals surface area contributed by atoms with Crippen molar-refractivity contribution in [3.63, 3.8) is 0 Å². The van der Waals surface area contributed by atoms with Crippen molar-refractivity contribution in [2.24, 2.45) is 11.8 Å². The van der Waals surface area contributed by atoms with Crippen LogP contribution in [-0.4, -0.2) is 83.8 Å². The van der Waals surface area contributed by atoms with Crippen LogP contribution in [0, 0.1) is 11.8 Å². The highest BCUT2D eigenvalue weighted by molar-refractivity contribution is 6.33. The Morgan fingerprint density at radius 1 is 1.25 bits per heavy atom. The van der Waals surface area contributed by atoms with Crippen molar-refractivity contribution in [2.75, 3.05) is 45.9 Å². The number of H-pyrrole nitrogens is 1. The van der Waals surface area contributed by atoms with Crippen molar-refractivity contribution >= 4 is 23.4 Å². The van der Waals surface area contributed by atoms with Crippen molar-refractivity contribution in [2.45, 2.75) is 31.8 Å². The van der Waals surface area contributed by atoms with Crippen LogP contribution >= 0.6 is 11.6 Å². The minimum Gasteiger partial charge on any atom is -0.365 e. The third-order valence-electron chi connectivity index (χ3n) is 5.93. The number of aromatic nitrogens is 2. The maximum absolute atomic E-state index is 12.3. The maximum Gasteiger partial charge on any atom is 0.270 e. The summed E-state index contributed by atoms with van der Waals surface area (Å²) in [7, 11) is 0. The van der Waals surface area contributed by atoms with Crippen molar-refractivity contribution in [3.05, 3.63) is 16.9 Å². The van der Waals surface area contributed by atoms with Gasteiger partial charge in [-0.1, -0.05) is 11.6 Å². The monoisotopic (exact) mass is 409 g/mol. The topological polar surface area (TPSA) is 90.6 Å². The number of hydrogen-bond donors (Lipinski definition) is 2. The Kier molecular flexibility index (Phi) is 6.18. The molecular formula is C19H28ClN5O3. The van der Waals surface area contributed by atoms with Gasteiger partial charge in [0.15, 0.2) is 0 Å². The van der Waals surface area contributed by atoms with Crippen LogP contribution in [0.1, 0.15) is 36.2 Å². The first-order valence-corrected chi connectivity index (χ1v) is 10.5. The highest BCUT2D eigenvalue weighted by atomic mass is 35.5. The first-order valence-electron chi connectivity index (χ1n) is 10.2. The quantitative estimate of drug-likeness (QED) is 0.704. The molecule has 3 heterocycles. The van der Waals surface area contributed by atoms with Crippen LogP contribution in [0.3, 0.4) is 0 Å². The second-order valence-corrected chi connectivity index (χ2v) is 8.63. The zero-order valence-electron chi connectivity index (χ0n) is 16.0.